The van der Waals surface area contributed by atoms with Crippen molar-refractivity contribution >= 4 is 30.5 Å². The van der Waals surface area contributed by atoms with E-state index in [0.29, 0.717) is 38.5 Å². The standard InChI is InChI=1S/C33H46N4O6S/c1-7-20-15(2)25(36-33(20)43)12-23-16(3)21(8-10-29(38)39)26(34-23)14-27-22(9-11-30(40)41)17(4)24(35-27)13-28-31(19(6)44)18(5)32(42)37-28/h18-19,28,31,34-36,43-44H,7-14H2,1-6H3,(H,37,42)(H,38,39)(H,40,41)/t18-,19-,28?,31+/m1/s1. The predicted octanol–water partition coefficient (Wildman–Crippen LogP) is 4.69. The topological polar surface area (TPSA) is 171 Å². The van der Waals surface area contributed by atoms with Gasteiger partial charge < -0.3 is 35.6 Å². The van der Waals surface area contributed by atoms with Gasteiger partial charge in [-0.2, -0.15) is 12.6 Å². The highest BCUT2D eigenvalue weighted by Crippen LogP contribution is 2.34. The van der Waals surface area contributed by atoms with Crippen LogP contribution in [0.25, 0.3) is 0 Å². The third kappa shape index (κ3) is 6.87. The number of rotatable bonds is 14. The van der Waals surface area contributed by atoms with E-state index in [4.69, 9.17) is 0 Å². The SMILES string of the molecule is CCc1c(O)[nH]c(Cc2[nH]c(Cc3[nH]c(CC4NC(=O)[C@H](C)[C@H]4[C@@H](C)S)c(C)c3CCC(=O)O)c(CCC(=O)O)c2C)c1C. The fourth-order valence-electron chi connectivity index (χ4n) is 7.07. The summed E-state index contributed by atoms with van der Waals surface area (Å²) in [5, 5.41) is 32.5. The summed E-state index contributed by atoms with van der Waals surface area (Å²) in [7, 11) is 0. The normalized spacial score (nSPS) is 19.0. The molecule has 1 saturated heterocycles. The lowest BCUT2D eigenvalue weighted by Gasteiger charge is -2.24. The van der Waals surface area contributed by atoms with Crippen molar-refractivity contribution in [3.05, 3.63) is 61.9 Å². The van der Waals surface area contributed by atoms with Crippen LogP contribution in [0.3, 0.4) is 0 Å². The van der Waals surface area contributed by atoms with E-state index in [-0.39, 0.29) is 47.8 Å². The first-order valence-electron chi connectivity index (χ1n) is 15.4. The van der Waals surface area contributed by atoms with Crippen LogP contribution in [0.1, 0.15) is 95.5 Å². The maximum absolute atomic E-state index is 12.6. The molecular weight excluding hydrogens is 580 g/mol. The van der Waals surface area contributed by atoms with Crippen LogP contribution in [0, 0.1) is 32.6 Å². The van der Waals surface area contributed by atoms with E-state index < -0.39 is 11.9 Å². The number of carbonyl (C=O) groups excluding carboxylic acids is 1. The second-order valence-electron chi connectivity index (χ2n) is 12.3. The quantitative estimate of drug-likeness (QED) is 0.121. The Hall–Kier alpha value is -3.60. The van der Waals surface area contributed by atoms with Crippen LogP contribution in [0.15, 0.2) is 0 Å². The Morgan fingerprint density at radius 1 is 0.818 bits per heavy atom. The zero-order valence-corrected chi connectivity index (χ0v) is 27.4. The molecule has 1 unspecified atom stereocenters. The van der Waals surface area contributed by atoms with Crippen molar-refractivity contribution in [2.45, 2.75) is 104 Å². The van der Waals surface area contributed by atoms with Crippen molar-refractivity contribution in [3.63, 3.8) is 0 Å². The molecule has 3 aromatic rings. The van der Waals surface area contributed by atoms with Crippen molar-refractivity contribution in [3.8, 4) is 5.88 Å². The molecule has 11 heteroatoms. The first kappa shape index (κ1) is 33.3. The van der Waals surface area contributed by atoms with Crippen LogP contribution in [0.5, 0.6) is 5.88 Å². The van der Waals surface area contributed by atoms with Crippen LogP contribution in [-0.2, 0) is 52.9 Å². The smallest absolute Gasteiger partial charge is 0.303 e. The summed E-state index contributed by atoms with van der Waals surface area (Å²) in [5.74, 6) is -1.66. The monoisotopic (exact) mass is 626 g/mol. The fourth-order valence-corrected chi connectivity index (χ4v) is 7.54. The second-order valence-corrected chi connectivity index (χ2v) is 13.2. The van der Waals surface area contributed by atoms with Gasteiger partial charge in [0.2, 0.25) is 5.91 Å². The number of aromatic amines is 3. The summed E-state index contributed by atoms with van der Waals surface area (Å²) < 4.78 is 0. The Morgan fingerprint density at radius 3 is 1.80 bits per heavy atom. The number of H-pyrrole nitrogens is 3. The predicted molar refractivity (Wildman–Crippen MR) is 172 cm³/mol. The fraction of sp³-hybridized carbons (Fsp3) is 0.545. The summed E-state index contributed by atoms with van der Waals surface area (Å²) in [6, 6.07) is -0.0959. The highest BCUT2D eigenvalue weighted by Gasteiger charge is 2.41. The summed E-state index contributed by atoms with van der Waals surface area (Å²) in [5.41, 5.74) is 10.3. The first-order valence-corrected chi connectivity index (χ1v) is 15.9. The largest absolute Gasteiger partial charge is 0.494 e. The Bertz CT molecular complexity index is 1550. The number of carboxylic acids is 2. The number of carboxylic acid groups (broad SMARTS) is 2. The average Bonchev–Trinajstić information content (AvgIpc) is 3.59. The number of thiol groups is 1. The van der Waals surface area contributed by atoms with Gasteiger partial charge in [0.1, 0.15) is 0 Å². The van der Waals surface area contributed by atoms with Crippen molar-refractivity contribution in [1.29, 1.82) is 0 Å². The minimum absolute atomic E-state index is 0.0167. The summed E-state index contributed by atoms with van der Waals surface area (Å²) in [6.07, 6.45) is 2.92. The van der Waals surface area contributed by atoms with Gasteiger partial charge in [0.05, 0.1) is 0 Å². The lowest BCUT2D eigenvalue weighted by Crippen LogP contribution is -2.34. The van der Waals surface area contributed by atoms with E-state index >= 15 is 0 Å². The molecule has 0 radical (unpaired) electrons. The molecular formula is C33H46N4O6S. The molecule has 4 rings (SSSR count). The number of amides is 1. The zero-order chi connectivity index (χ0) is 32.5. The van der Waals surface area contributed by atoms with E-state index in [1.165, 1.54) is 0 Å². The molecule has 44 heavy (non-hydrogen) atoms. The summed E-state index contributed by atoms with van der Waals surface area (Å²) in [6.45, 7) is 11.9. The van der Waals surface area contributed by atoms with Gasteiger partial charge in [0, 0.05) is 89.3 Å². The number of aromatic hydroxyl groups is 1. The Balaban J connectivity index is 1.72. The van der Waals surface area contributed by atoms with Crippen LogP contribution < -0.4 is 5.32 Å². The number of aromatic nitrogens is 3. The maximum Gasteiger partial charge on any atom is 0.303 e. The average molecular weight is 627 g/mol. The van der Waals surface area contributed by atoms with Crippen molar-refractivity contribution in [2.75, 3.05) is 0 Å². The van der Waals surface area contributed by atoms with Crippen molar-refractivity contribution in [2.24, 2.45) is 11.8 Å². The first-order chi connectivity index (χ1) is 20.7. The Morgan fingerprint density at radius 2 is 1.30 bits per heavy atom. The van der Waals surface area contributed by atoms with Gasteiger partial charge in [-0.15, -0.1) is 0 Å². The van der Waals surface area contributed by atoms with Crippen LogP contribution >= 0.6 is 12.6 Å². The molecule has 0 saturated carbocycles. The van der Waals surface area contributed by atoms with Crippen LogP contribution in [0.2, 0.25) is 0 Å². The number of carbonyl (C=O) groups is 3. The molecule has 0 spiro atoms. The van der Waals surface area contributed by atoms with Gasteiger partial charge in [0.15, 0.2) is 5.88 Å². The minimum Gasteiger partial charge on any atom is -0.494 e. The molecule has 10 nitrogen and oxygen atoms in total. The van der Waals surface area contributed by atoms with Gasteiger partial charge in [0.25, 0.3) is 0 Å². The number of hydrogen-bond acceptors (Lipinski definition) is 5. The highest BCUT2D eigenvalue weighted by atomic mass is 32.1. The van der Waals surface area contributed by atoms with Crippen LogP contribution in [0.4, 0.5) is 0 Å². The van der Waals surface area contributed by atoms with E-state index in [1.54, 1.807) is 0 Å². The lowest BCUT2D eigenvalue weighted by atomic mass is 9.86. The van der Waals surface area contributed by atoms with E-state index in [9.17, 15) is 29.7 Å². The van der Waals surface area contributed by atoms with Crippen molar-refractivity contribution < 1.29 is 29.7 Å². The third-order valence-electron chi connectivity index (χ3n) is 9.61. The van der Waals surface area contributed by atoms with E-state index in [1.807, 2.05) is 41.5 Å². The van der Waals surface area contributed by atoms with Crippen LogP contribution in [-0.4, -0.2) is 59.4 Å². The van der Waals surface area contributed by atoms with Gasteiger partial charge >= 0.3 is 11.9 Å². The van der Waals surface area contributed by atoms with Gasteiger partial charge in [-0.3, -0.25) is 14.4 Å². The minimum atomic E-state index is -0.880. The maximum atomic E-state index is 12.6. The Labute approximate surface area is 263 Å². The highest BCUT2D eigenvalue weighted by molar-refractivity contribution is 7.80. The molecule has 240 valence electrons. The molecule has 4 heterocycles. The number of hydrogen-bond donors (Lipinski definition) is 8. The molecule has 0 aromatic carbocycles. The molecule has 1 aliphatic rings. The van der Waals surface area contributed by atoms with E-state index in [0.717, 1.165) is 61.9 Å². The Kier molecular flexibility index (Phi) is 10.3. The molecule has 4 atom stereocenters. The van der Waals surface area contributed by atoms with Gasteiger partial charge in [-0.1, -0.05) is 20.8 Å². The molecule has 1 aliphatic heterocycles. The second kappa shape index (κ2) is 13.6. The van der Waals surface area contributed by atoms with Gasteiger partial charge in [-0.05, 0) is 67.9 Å². The third-order valence-corrected chi connectivity index (χ3v) is 9.95. The van der Waals surface area contributed by atoms with Crippen molar-refractivity contribution in [1.82, 2.24) is 20.3 Å². The zero-order valence-electron chi connectivity index (χ0n) is 26.5. The molecule has 1 fully saturated rings. The number of nitrogens with one attached hydrogen (secondary N) is 4. The summed E-state index contributed by atoms with van der Waals surface area (Å²) in [4.78, 5) is 46.0. The molecule has 1 amide bonds. The van der Waals surface area contributed by atoms with Gasteiger partial charge in [-0.25, -0.2) is 0 Å². The number of aliphatic carboxylic acids is 2. The molecule has 0 bridgehead atoms. The molecule has 7 N–H and O–H groups in total. The van der Waals surface area contributed by atoms with E-state index in [2.05, 4.69) is 32.9 Å². The molecule has 3 aromatic heterocycles. The summed E-state index contributed by atoms with van der Waals surface area (Å²) >= 11 is 4.67. The molecule has 0 aliphatic carbocycles. The lowest BCUT2D eigenvalue weighted by molar-refractivity contribution is -0.138.